The molecule has 0 heterocycles. The Kier molecular flexibility index (Phi) is 6.17. The van der Waals surface area contributed by atoms with E-state index in [4.69, 9.17) is 4.74 Å². The summed E-state index contributed by atoms with van der Waals surface area (Å²) in [4.78, 5) is 12.5. The molecule has 0 aliphatic rings. The molecular formula is C18H22N2O4S. The van der Waals surface area contributed by atoms with Crippen LogP contribution in [0, 0.1) is 5.92 Å². The van der Waals surface area contributed by atoms with Gasteiger partial charge in [-0.3, -0.25) is 4.79 Å². The first-order chi connectivity index (χ1) is 11.8. The molecule has 2 aromatic carbocycles. The number of carbonyl (C=O) groups is 1. The van der Waals surface area contributed by atoms with Crippen molar-refractivity contribution in [2.24, 2.45) is 5.92 Å². The minimum atomic E-state index is -3.57. The SMILES string of the molecule is COc1ccccc1NC(=O)c1ccc(S(=O)(=O)NCC(C)C)cc1. The summed E-state index contributed by atoms with van der Waals surface area (Å²) in [6, 6.07) is 12.9. The lowest BCUT2D eigenvalue weighted by molar-refractivity contribution is 0.102. The largest absolute Gasteiger partial charge is 0.495 e. The fraction of sp³-hybridized carbons (Fsp3) is 0.278. The second kappa shape index (κ2) is 8.13. The van der Waals surface area contributed by atoms with Crippen molar-refractivity contribution in [3.8, 4) is 5.75 Å². The molecule has 25 heavy (non-hydrogen) atoms. The van der Waals surface area contributed by atoms with Gasteiger partial charge >= 0.3 is 0 Å². The lowest BCUT2D eigenvalue weighted by atomic mass is 10.2. The summed E-state index contributed by atoms with van der Waals surface area (Å²) < 4.78 is 32.1. The lowest BCUT2D eigenvalue weighted by Crippen LogP contribution is -2.27. The van der Waals surface area contributed by atoms with E-state index in [2.05, 4.69) is 10.0 Å². The Labute approximate surface area is 148 Å². The van der Waals surface area contributed by atoms with Crippen LogP contribution in [0.4, 0.5) is 5.69 Å². The maximum atomic E-state index is 12.3. The number of methoxy groups -OCH3 is 1. The average Bonchev–Trinajstić information content (AvgIpc) is 2.60. The normalized spacial score (nSPS) is 11.4. The van der Waals surface area contributed by atoms with Crippen LogP contribution in [0.15, 0.2) is 53.4 Å². The molecule has 1 amide bonds. The van der Waals surface area contributed by atoms with Gasteiger partial charge in [0.15, 0.2) is 0 Å². The van der Waals surface area contributed by atoms with Gasteiger partial charge < -0.3 is 10.1 Å². The van der Waals surface area contributed by atoms with E-state index in [9.17, 15) is 13.2 Å². The third-order valence-electron chi connectivity index (χ3n) is 3.46. The standard InChI is InChI=1S/C18H22N2O4S/c1-13(2)12-19-25(22,23)15-10-8-14(9-11-15)18(21)20-16-6-4-5-7-17(16)24-3/h4-11,13,19H,12H2,1-3H3,(H,20,21). The van der Waals surface area contributed by atoms with Gasteiger partial charge in [0.2, 0.25) is 10.0 Å². The van der Waals surface area contributed by atoms with Crippen LogP contribution in [-0.4, -0.2) is 28.0 Å². The zero-order valence-corrected chi connectivity index (χ0v) is 15.3. The molecule has 0 atom stereocenters. The van der Waals surface area contributed by atoms with Gasteiger partial charge in [-0.05, 0) is 42.3 Å². The summed E-state index contributed by atoms with van der Waals surface area (Å²) in [7, 11) is -2.05. The number of hydrogen-bond donors (Lipinski definition) is 2. The van der Waals surface area contributed by atoms with Gasteiger partial charge in [-0.1, -0.05) is 26.0 Å². The molecular weight excluding hydrogens is 340 g/mol. The first-order valence-electron chi connectivity index (χ1n) is 7.87. The molecule has 0 aromatic heterocycles. The highest BCUT2D eigenvalue weighted by atomic mass is 32.2. The van der Waals surface area contributed by atoms with Crippen molar-refractivity contribution in [3.05, 3.63) is 54.1 Å². The van der Waals surface area contributed by atoms with E-state index < -0.39 is 10.0 Å². The number of carbonyl (C=O) groups excluding carboxylic acids is 1. The van der Waals surface area contributed by atoms with Crippen molar-refractivity contribution in [3.63, 3.8) is 0 Å². The molecule has 0 spiro atoms. The zero-order valence-electron chi connectivity index (χ0n) is 14.4. The second-order valence-electron chi connectivity index (χ2n) is 5.92. The maximum absolute atomic E-state index is 12.3. The van der Waals surface area contributed by atoms with Crippen LogP contribution in [0.2, 0.25) is 0 Å². The van der Waals surface area contributed by atoms with E-state index in [-0.39, 0.29) is 16.7 Å². The van der Waals surface area contributed by atoms with Crippen molar-refractivity contribution >= 4 is 21.6 Å². The monoisotopic (exact) mass is 362 g/mol. The number of hydrogen-bond acceptors (Lipinski definition) is 4. The molecule has 0 aliphatic heterocycles. The molecule has 0 radical (unpaired) electrons. The van der Waals surface area contributed by atoms with Gasteiger partial charge in [-0.15, -0.1) is 0 Å². The highest BCUT2D eigenvalue weighted by Crippen LogP contribution is 2.23. The summed E-state index contributed by atoms with van der Waals surface area (Å²) in [5, 5.41) is 2.75. The van der Waals surface area contributed by atoms with E-state index >= 15 is 0 Å². The number of rotatable bonds is 7. The Bertz CT molecular complexity index is 830. The van der Waals surface area contributed by atoms with Crippen molar-refractivity contribution in [1.82, 2.24) is 4.72 Å². The Morgan fingerprint density at radius 2 is 1.72 bits per heavy atom. The lowest BCUT2D eigenvalue weighted by Gasteiger charge is -2.11. The highest BCUT2D eigenvalue weighted by Gasteiger charge is 2.15. The number of para-hydroxylation sites is 2. The summed E-state index contributed by atoms with van der Waals surface area (Å²) in [6.45, 7) is 4.21. The molecule has 0 bridgehead atoms. The Morgan fingerprint density at radius 3 is 2.32 bits per heavy atom. The van der Waals surface area contributed by atoms with E-state index in [0.29, 0.717) is 23.5 Å². The number of anilines is 1. The van der Waals surface area contributed by atoms with Gasteiger partial charge in [0.1, 0.15) is 5.75 Å². The fourth-order valence-corrected chi connectivity index (χ4v) is 3.30. The van der Waals surface area contributed by atoms with E-state index in [1.54, 1.807) is 24.3 Å². The fourth-order valence-electron chi connectivity index (χ4n) is 2.09. The van der Waals surface area contributed by atoms with Crippen LogP contribution >= 0.6 is 0 Å². The predicted molar refractivity (Wildman–Crippen MR) is 97.4 cm³/mol. The molecule has 0 aliphatic carbocycles. The number of benzene rings is 2. The van der Waals surface area contributed by atoms with Gasteiger partial charge in [-0.2, -0.15) is 0 Å². The number of ether oxygens (including phenoxy) is 1. The van der Waals surface area contributed by atoms with Gasteiger partial charge in [0.25, 0.3) is 5.91 Å². The van der Waals surface area contributed by atoms with E-state index in [0.717, 1.165) is 0 Å². The quantitative estimate of drug-likeness (QED) is 0.793. The Hall–Kier alpha value is -2.38. The van der Waals surface area contributed by atoms with Crippen LogP contribution in [0.5, 0.6) is 5.75 Å². The van der Waals surface area contributed by atoms with Gasteiger partial charge in [-0.25, -0.2) is 13.1 Å². The molecule has 6 nitrogen and oxygen atoms in total. The highest BCUT2D eigenvalue weighted by molar-refractivity contribution is 7.89. The average molecular weight is 362 g/mol. The van der Waals surface area contributed by atoms with Crippen molar-refractivity contribution in [1.29, 1.82) is 0 Å². The number of sulfonamides is 1. The molecule has 0 saturated carbocycles. The summed E-state index contributed by atoms with van der Waals surface area (Å²) in [5.74, 6) is 0.414. The molecule has 2 rings (SSSR count). The van der Waals surface area contributed by atoms with Gasteiger partial charge in [0, 0.05) is 12.1 Å². The van der Waals surface area contributed by atoms with E-state index in [1.807, 2.05) is 13.8 Å². The van der Waals surface area contributed by atoms with E-state index in [1.165, 1.54) is 31.4 Å². The maximum Gasteiger partial charge on any atom is 0.255 e. The zero-order chi connectivity index (χ0) is 18.4. The molecule has 7 heteroatoms. The molecule has 0 fully saturated rings. The molecule has 2 N–H and O–H groups in total. The van der Waals surface area contributed by atoms with Crippen LogP contribution in [0.3, 0.4) is 0 Å². The number of nitrogens with one attached hydrogen (secondary N) is 2. The number of amides is 1. The summed E-state index contributed by atoms with van der Waals surface area (Å²) in [5.41, 5.74) is 0.902. The van der Waals surface area contributed by atoms with Crippen LogP contribution < -0.4 is 14.8 Å². The van der Waals surface area contributed by atoms with Gasteiger partial charge in [0.05, 0.1) is 17.7 Å². The molecule has 0 saturated heterocycles. The first-order valence-corrected chi connectivity index (χ1v) is 9.36. The first kappa shape index (κ1) is 19.0. The van der Waals surface area contributed by atoms with Crippen molar-refractivity contribution < 1.29 is 17.9 Å². The molecule has 0 unspecified atom stereocenters. The minimum Gasteiger partial charge on any atom is -0.495 e. The smallest absolute Gasteiger partial charge is 0.255 e. The summed E-state index contributed by atoms with van der Waals surface area (Å²) >= 11 is 0. The molecule has 134 valence electrons. The second-order valence-corrected chi connectivity index (χ2v) is 7.69. The Morgan fingerprint density at radius 1 is 1.08 bits per heavy atom. The van der Waals surface area contributed by atoms with Crippen molar-refractivity contribution in [2.45, 2.75) is 18.7 Å². The summed E-state index contributed by atoms with van der Waals surface area (Å²) in [6.07, 6.45) is 0. The third kappa shape index (κ3) is 5.04. The molecule has 2 aromatic rings. The van der Waals surface area contributed by atoms with Crippen molar-refractivity contribution in [2.75, 3.05) is 19.0 Å². The van der Waals surface area contributed by atoms with Crippen LogP contribution in [-0.2, 0) is 10.0 Å². The Balaban J connectivity index is 2.12. The third-order valence-corrected chi connectivity index (χ3v) is 4.90. The predicted octanol–water partition coefficient (Wildman–Crippen LogP) is 2.88. The topological polar surface area (TPSA) is 84.5 Å². The van der Waals surface area contributed by atoms with Crippen LogP contribution in [0.25, 0.3) is 0 Å². The minimum absolute atomic E-state index is 0.127. The van der Waals surface area contributed by atoms with Crippen LogP contribution in [0.1, 0.15) is 24.2 Å².